The maximum absolute atomic E-state index is 12.8. The van der Waals surface area contributed by atoms with Crippen LogP contribution in [0.3, 0.4) is 0 Å². The molecule has 4 aromatic rings. The van der Waals surface area contributed by atoms with Crippen molar-refractivity contribution in [2.45, 2.75) is 6.18 Å². The van der Waals surface area contributed by atoms with Crippen molar-refractivity contribution >= 4 is 27.7 Å². The van der Waals surface area contributed by atoms with Crippen LogP contribution >= 0.6 is 0 Å². The van der Waals surface area contributed by atoms with Gasteiger partial charge in [0.1, 0.15) is 11.3 Å². The van der Waals surface area contributed by atoms with E-state index in [9.17, 15) is 18.0 Å². The van der Waals surface area contributed by atoms with Crippen LogP contribution in [-0.4, -0.2) is 13.1 Å². The largest absolute Gasteiger partial charge is 0.465 e. The van der Waals surface area contributed by atoms with Gasteiger partial charge < -0.3 is 9.15 Å². The molecule has 0 aliphatic rings. The Labute approximate surface area is 152 Å². The summed E-state index contributed by atoms with van der Waals surface area (Å²) in [6.45, 7) is 0. The van der Waals surface area contributed by atoms with Crippen LogP contribution in [0.2, 0.25) is 0 Å². The summed E-state index contributed by atoms with van der Waals surface area (Å²) >= 11 is 0. The molecule has 6 heteroatoms. The molecule has 0 saturated heterocycles. The zero-order valence-electron chi connectivity index (χ0n) is 14.1. The van der Waals surface area contributed by atoms with E-state index in [4.69, 9.17) is 9.15 Å². The van der Waals surface area contributed by atoms with Gasteiger partial charge in [0, 0.05) is 16.3 Å². The van der Waals surface area contributed by atoms with Gasteiger partial charge in [-0.1, -0.05) is 36.4 Å². The molecule has 0 atom stereocenters. The summed E-state index contributed by atoms with van der Waals surface area (Å²) < 4.78 is 49.1. The highest BCUT2D eigenvalue weighted by Gasteiger charge is 2.30. The molecule has 0 spiro atoms. The summed E-state index contributed by atoms with van der Waals surface area (Å²) in [6.07, 6.45) is -4.40. The van der Waals surface area contributed by atoms with Gasteiger partial charge in [-0.3, -0.25) is 0 Å². The number of halogens is 3. The molecule has 3 aromatic carbocycles. The van der Waals surface area contributed by atoms with Gasteiger partial charge in [0.2, 0.25) is 0 Å². The van der Waals surface area contributed by atoms with E-state index in [1.165, 1.54) is 19.2 Å². The van der Waals surface area contributed by atoms with E-state index in [2.05, 4.69) is 0 Å². The van der Waals surface area contributed by atoms with Gasteiger partial charge in [-0.05, 0) is 29.7 Å². The number of alkyl halides is 3. The van der Waals surface area contributed by atoms with Crippen LogP contribution in [0.15, 0.2) is 65.1 Å². The van der Waals surface area contributed by atoms with Gasteiger partial charge in [0.05, 0.1) is 18.2 Å². The monoisotopic (exact) mass is 370 g/mol. The Kier molecular flexibility index (Phi) is 3.91. The first-order chi connectivity index (χ1) is 12.9. The Morgan fingerprint density at radius 3 is 2.33 bits per heavy atom. The molecule has 0 fully saturated rings. The highest BCUT2D eigenvalue weighted by Crippen LogP contribution is 2.37. The lowest BCUT2D eigenvalue weighted by Gasteiger charge is -2.06. The second kappa shape index (κ2) is 6.16. The summed E-state index contributed by atoms with van der Waals surface area (Å²) in [4.78, 5) is 12.2. The van der Waals surface area contributed by atoms with Crippen molar-refractivity contribution in [1.29, 1.82) is 0 Å². The van der Waals surface area contributed by atoms with Crippen LogP contribution in [0.1, 0.15) is 15.9 Å². The Morgan fingerprint density at radius 1 is 0.963 bits per heavy atom. The lowest BCUT2D eigenvalue weighted by molar-refractivity contribution is -0.137. The van der Waals surface area contributed by atoms with E-state index >= 15 is 0 Å². The predicted molar refractivity (Wildman–Crippen MR) is 95.5 cm³/mol. The van der Waals surface area contributed by atoms with Crippen LogP contribution in [0.25, 0.3) is 33.1 Å². The quantitative estimate of drug-likeness (QED) is 0.403. The van der Waals surface area contributed by atoms with Crippen molar-refractivity contribution in [3.63, 3.8) is 0 Å². The Hall–Kier alpha value is -3.28. The average molecular weight is 370 g/mol. The standard InChI is InChI=1S/C21H13F3O3/c1-26-20(25)17-10-13-4-2-3-5-15(13)19-16(17)11-18(27-19)12-6-8-14(9-7-12)21(22,23)24/h2-11H,1H3. The smallest absolute Gasteiger partial charge is 0.416 e. The first kappa shape index (κ1) is 17.1. The van der Waals surface area contributed by atoms with Gasteiger partial charge in [-0.15, -0.1) is 0 Å². The number of hydrogen-bond acceptors (Lipinski definition) is 3. The molecule has 0 bridgehead atoms. The van der Waals surface area contributed by atoms with Gasteiger partial charge in [0.15, 0.2) is 0 Å². The van der Waals surface area contributed by atoms with E-state index in [0.29, 0.717) is 27.9 Å². The molecule has 0 N–H and O–H groups in total. The molecule has 136 valence electrons. The fourth-order valence-corrected chi connectivity index (χ4v) is 3.10. The number of carbonyl (C=O) groups excluding carboxylic acids is 1. The van der Waals surface area contributed by atoms with E-state index in [1.807, 2.05) is 24.3 Å². The average Bonchev–Trinajstić information content (AvgIpc) is 3.12. The maximum Gasteiger partial charge on any atom is 0.416 e. The Morgan fingerprint density at radius 2 is 1.67 bits per heavy atom. The molecule has 0 radical (unpaired) electrons. The molecule has 0 amide bonds. The van der Waals surface area contributed by atoms with E-state index in [1.54, 1.807) is 12.1 Å². The molecule has 1 heterocycles. The number of esters is 1. The maximum atomic E-state index is 12.8. The Bertz CT molecular complexity index is 1160. The van der Waals surface area contributed by atoms with Gasteiger partial charge in [-0.25, -0.2) is 4.79 Å². The number of fused-ring (bicyclic) bond motifs is 3. The lowest BCUT2D eigenvalue weighted by atomic mass is 10.0. The molecule has 0 aliphatic heterocycles. The van der Waals surface area contributed by atoms with E-state index in [-0.39, 0.29) is 0 Å². The predicted octanol–water partition coefficient (Wildman–Crippen LogP) is 6.06. The second-order valence-corrected chi connectivity index (χ2v) is 6.07. The minimum atomic E-state index is -4.40. The summed E-state index contributed by atoms with van der Waals surface area (Å²) in [6, 6.07) is 15.5. The number of methoxy groups -OCH3 is 1. The number of benzene rings is 3. The van der Waals surface area contributed by atoms with Crippen molar-refractivity contribution < 1.29 is 27.1 Å². The van der Waals surface area contributed by atoms with Crippen LogP contribution in [-0.2, 0) is 10.9 Å². The molecule has 0 saturated carbocycles. The zero-order valence-corrected chi connectivity index (χ0v) is 14.1. The summed E-state index contributed by atoms with van der Waals surface area (Å²) in [5.41, 5.74) is 0.582. The second-order valence-electron chi connectivity index (χ2n) is 6.07. The number of ether oxygens (including phenoxy) is 1. The molecule has 27 heavy (non-hydrogen) atoms. The fraction of sp³-hybridized carbons (Fsp3) is 0.0952. The van der Waals surface area contributed by atoms with Crippen molar-refractivity contribution in [3.05, 3.63) is 71.8 Å². The van der Waals surface area contributed by atoms with Gasteiger partial charge in [0.25, 0.3) is 0 Å². The van der Waals surface area contributed by atoms with Crippen LogP contribution < -0.4 is 0 Å². The SMILES string of the molecule is COC(=O)c1cc2ccccc2c2oc(-c3ccc(C(F)(F)F)cc3)cc12. The van der Waals surface area contributed by atoms with E-state index in [0.717, 1.165) is 22.9 Å². The molecule has 0 aliphatic carbocycles. The normalized spacial score (nSPS) is 11.9. The minimum Gasteiger partial charge on any atom is -0.465 e. The van der Waals surface area contributed by atoms with Crippen LogP contribution in [0.4, 0.5) is 13.2 Å². The fourth-order valence-electron chi connectivity index (χ4n) is 3.10. The van der Waals surface area contributed by atoms with Gasteiger partial charge in [-0.2, -0.15) is 13.2 Å². The first-order valence-corrected chi connectivity index (χ1v) is 8.10. The first-order valence-electron chi connectivity index (χ1n) is 8.10. The number of rotatable bonds is 2. The summed E-state index contributed by atoms with van der Waals surface area (Å²) in [7, 11) is 1.29. The minimum absolute atomic E-state index is 0.341. The third-order valence-corrected chi connectivity index (χ3v) is 4.43. The van der Waals surface area contributed by atoms with E-state index < -0.39 is 17.7 Å². The van der Waals surface area contributed by atoms with Crippen LogP contribution in [0, 0.1) is 0 Å². The number of furan rings is 1. The molecule has 3 nitrogen and oxygen atoms in total. The van der Waals surface area contributed by atoms with Gasteiger partial charge >= 0.3 is 12.1 Å². The third kappa shape index (κ3) is 2.93. The van der Waals surface area contributed by atoms with Crippen molar-refractivity contribution in [1.82, 2.24) is 0 Å². The molecular formula is C21H13F3O3. The van der Waals surface area contributed by atoms with Crippen molar-refractivity contribution in [2.75, 3.05) is 7.11 Å². The molecular weight excluding hydrogens is 357 g/mol. The molecule has 0 unspecified atom stereocenters. The topological polar surface area (TPSA) is 39.4 Å². The Balaban J connectivity index is 1.93. The highest BCUT2D eigenvalue weighted by atomic mass is 19.4. The zero-order chi connectivity index (χ0) is 19.2. The molecule has 4 rings (SSSR count). The summed E-state index contributed by atoms with van der Waals surface area (Å²) in [5.74, 6) is -0.134. The van der Waals surface area contributed by atoms with Crippen molar-refractivity contribution in [2.24, 2.45) is 0 Å². The third-order valence-electron chi connectivity index (χ3n) is 4.43. The van der Waals surface area contributed by atoms with Crippen LogP contribution in [0.5, 0.6) is 0 Å². The highest BCUT2D eigenvalue weighted by molar-refractivity contribution is 6.14. The molecule has 1 aromatic heterocycles. The van der Waals surface area contributed by atoms with Crippen molar-refractivity contribution in [3.8, 4) is 11.3 Å². The number of hydrogen-bond donors (Lipinski definition) is 0. The number of carbonyl (C=O) groups is 1. The lowest BCUT2D eigenvalue weighted by Crippen LogP contribution is -2.03. The summed E-state index contributed by atoms with van der Waals surface area (Å²) in [5, 5.41) is 2.16.